The average molecular weight is 514 g/mol. The molecular formula is C25H26Cl4NO2+. The van der Waals surface area contributed by atoms with Crippen molar-refractivity contribution >= 4 is 64.3 Å². The maximum absolute atomic E-state index is 13.3. The highest BCUT2D eigenvalue weighted by Gasteiger charge is 2.48. The van der Waals surface area contributed by atoms with Crippen molar-refractivity contribution < 1.29 is 14.4 Å². The number of aliphatic hydroxyl groups is 1. The molecule has 0 amide bonds. The van der Waals surface area contributed by atoms with Crippen molar-refractivity contribution in [1.82, 2.24) is 0 Å². The van der Waals surface area contributed by atoms with Crippen LogP contribution in [0.1, 0.15) is 24.5 Å². The van der Waals surface area contributed by atoms with E-state index in [1.54, 1.807) is 48.6 Å². The first-order valence-corrected chi connectivity index (χ1v) is 11.9. The minimum atomic E-state index is -1.27. The van der Waals surface area contributed by atoms with Gasteiger partial charge in [0, 0.05) is 6.42 Å². The molecule has 1 fully saturated rings. The van der Waals surface area contributed by atoms with Crippen LogP contribution >= 0.6 is 46.4 Å². The van der Waals surface area contributed by atoms with E-state index in [9.17, 15) is 9.90 Å². The van der Waals surface area contributed by atoms with Gasteiger partial charge in [-0.3, -0.25) is 4.79 Å². The summed E-state index contributed by atoms with van der Waals surface area (Å²) in [5.74, 6) is -0.714. The number of allylic oxidation sites excluding steroid dienone is 1. The zero-order chi connectivity index (χ0) is 23.5. The van der Waals surface area contributed by atoms with Gasteiger partial charge in [-0.1, -0.05) is 76.8 Å². The summed E-state index contributed by atoms with van der Waals surface area (Å²) < 4.78 is 0.722. The molecule has 2 aromatic rings. The van der Waals surface area contributed by atoms with Gasteiger partial charge in [0.25, 0.3) is 0 Å². The van der Waals surface area contributed by atoms with E-state index < -0.39 is 11.5 Å². The van der Waals surface area contributed by atoms with Gasteiger partial charge in [0.15, 0.2) is 5.78 Å². The molecule has 3 nitrogen and oxygen atoms in total. The third-order valence-corrected chi connectivity index (χ3v) is 7.76. The van der Waals surface area contributed by atoms with E-state index in [0.29, 0.717) is 33.1 Å². The normalized spacial score (nSPS) is 26.2. The van der Waals surface area contributed by atoms with Gasteiger partial charge in [-0.2, -0.15) is 0 Å². The lowest BCUT2D eigenvalue weighted by Crippen LogP contribution is -2.61. The maximum Gasteiger partial charge on any atom is 0.167 e. The Hall–Kier alpha value is -1.33. The lowest BCUT2D eigenvalue weighted by atomic mass is 9.76. The molecule has 3 atom stereocenters. The predicted octanol–water partition coefficient (Wildman–Crippen LogP) is 6.81. The van der Waals surface area contributed by atoms with Crippen LogP contribution < -0.4 is 0 Å². The number of carbonyl (C=O) groups excluding carboxylic acids is 1. The molecule has 1 saturated heterocycles. The molecule has 7 heteroatoms. The summed E-state index contributed by atoms with van der Waals surface area (Å²) >= 11 is 24.2. The van der Waals surface area contributed by atoms with Crippen LogP contribution in [0.4, 0.5) is 0 Å². The number of halogens is 4. The van der Waals surface area contributed by atoms with E-state index in [2.05, 4.69) is 14.0 Å². The van der Waals surface area contributed by atoms with Gasteiger partial charge in [-0.25, -0.2) is 0 Å². The van der Waals surface area contributed by atoms with Gasteiger partial charge >= 0.3 is 0 Å². The predicted molar refractivity (Wildman–Crippen MR) is 136 cm³/mol. The summed E-state index contributed by atoms with van der Waals surface area (Å²) in [6, 6.07) is 10.5. The Labute approximate surface area is 209 Å². The lowest BCUT2D eigenvalue weighted by molar-refractivity contribution is -0.916. The molecule has 0 aromatic heterocycles. The summed E-state index contributed by atoms with van der Waals surface area (Å²) in [5.41, 5.74) is 0.313. The fourth-order valence-electron chi connectivity index (χ4n) is 3.90. The highest BCUT2D eigenvalue weighted by Crippen LogP contribution is 2.35. The molecule has 170 valence electrons. The number of hydrogen-bond donors (Lipinski definition) is 1. The van der Waals surface area contributed by atoms with Gasteiger partial charge in [-0.15, -0.1) is 0 Å². The molecule has 1 aliphatic rings. The maximum atomic E-state index is 13.3. The number of carbonyl (C=O) groups is 1. The SMILES string of the molecule is CC[N+]1(C)CC[C@](O)(/C=C\c2ccc(Cl)c(Cl)c2)[C@H](C(=O)/C=C\c2ccc(Cl)c(Cl)c2)C1. The molecular weight excluding hydrogens is 488 g/mol. The molecule has 2 aromatic carbocycles. The minimum absolute atomic E-state index is 0.130. The Morgan fingerprint density at radius 2 is 1.59 bits per heavy atom. The quantitative estimate of drug-likeness (QED) is 0.340. The second kappa shape index (κ2) is 10.3. The number of benzene rings is 2. The summed E-state index contributed by atoms with van der Waals surface area (Å²) in [7, 11) is 2.12. The van der Waals surface area contributed by atoms with Gasteiger partial charge in [0.2, 0.25) is 0 Å². The van der Waals surface area contributed by atoms with Gasteiger partial charge in [-0.05, 0) is 48.4 Å². The zero-order valence-electron chi connectivity index (χ0n) is 18.0. The first-order chi connectivity index (χ1) is 15.0. The van der Waals surface area contributed by atoms with E-state index in [0.717, 1.165) is 28.7 Å². The van der Waals surface area contributed by atoms with Gasteiger partial charge in [0.05, 0.1) is 46.8 Å². The molecule has 0 spiro atoms. The zero-order valence-corrected chi connectivity index (χ0v) is 21.0. The van der Waals surface area contributed by atoms with E-state index in [-0.39, 0.29) is 5.78 Å². The van der Waals surface area contributed by atoms with Crippen molar-refractivity contribution in [3.8, 4) is 0 Å². The highest BCUT2D eigenvalue weighted by atomic mass is 35.5. The molecule has 32 heavy (non-hydrogen) atoms. The Balaban J connectivity index is 1.88. The number of piperidine rings is 1. The fraction of sp³-hybridized carbons (Fsp3) is 0.320. The number of ketones is 1. The number of likely N-dealkylation sites (tertiary alicyclic amines) is 1. The van der Waals surface area contributed by atoms with Crippen LogP contribution in [0.3, 0.4) is 0 Å². The van der Waals surface area contributed by atoms with Crippen molar-refractivity contribution in [2.24, 2.45) is 5.92 Å². The van der Waals surface area contributed by atoms with Crippen LogP contribution in [0, 0.1) is 5.92 Å². The van der Waals surface area contributed by atoms with Crippen molar-refractivity contribution in [3.05, 3.63) is 79.8 Å². The van der Waals surface area contributed by atoms with Crippen molar-refractivity contribution in [3.63, 3.8) is 0 Å². The Bertz CT molecular complexity index is 1070. The Kier molecular flexibility index (Phi) is 8.14. The number of hydrogen-bond acceptors (Lipinski definition) is 2. The third-order valence-electron chi connectivity index (χ3n) is 6.28. The van der Waals surface area contributed by atoms with Crippen LogP contribution in [0.5, 0.6) is 0 Å². The van der Waals surface area contributed by atoms with Crippen molar-refractivity contribution in [1.29, 1.82) is 0 Å². The molecule has 0 aliphatic carbocycles. The monoisotopic (exact) mass is 512 g/mol. The van der Waals surface area contributed by atoms with E-state index >= 15 is 0 Å². The van der Waals surface area contributed by atoms with Crippen LogP contribution in [-0.4, -0.2) is 47.7 Å². The van der Waals surface area contributed by atoms with E-state index in [4.69, 9.17) is 46.4 Å². The van der Waals surface area contributed by atoms with Gasteiger partial charge < -0.3 is 9.59 Å². The first-order valence-electron chi connectivity index (χ1n) is 10.4. The second-order valence-electron chi connectivity index (χ2n) is 8.55. The number of rotatable bonds is 6. The summed E-state index contributed by atoms with van der Waals surface area (Å²) in [4.78, 5) is 13.3. The van der Waals surface area contributed by atoms with Crippen LogP contribution in [-0.2, 0) is 4.79 Å². The van der Waals surface area contributed by atoms with E-state index in [1.807, 2.05) is 6.07 Å². The number of nitrogens with zero attached hydrogens (tertiary/aromatic N) is 1. The largest absolute Gasteiger partial charge is 0.385 e. The van der Waals surface area contributed by atoms with Gasteiger partial charge in [0.1, 0.15) is 11.5 Å². The topological polar surface area (TPSA) is 37.3 Å². The molecule has 1 N–H and O–H groups in total. The minimum Gasteiger partial charge on any atom is -0.385 e. The van der Waals surface area contributed by atoms with Crippen LogP contribution in [0.25, 0.3) is 12.2 Å². The fourth-order valence-corrected chi connectivity index (χ4v) is 4.52. The smallest absolute Gasteiger partial charge is 0.167 e. The molecule has 1 heterocycles. The molecule has 0 saturated carbocycles. The summed E-state index contributed by atoms with van der Waals surface area (Å²) in [5, 5.41) is 13.3. The molecule has 0 radical (unpaired) electrons. The van der Waals surface area contributed by atoms with E-state index in [1.165, 1.54) is 6.08 Å². The molecule has 1 unspecified atom stereocenters. The summed E-state index contributed by atoms with van der Waals surface area (Å²) in [6.07, 6.45) is 7.23. The first kappa shape index (κ1) is 25.3. The van der Waals surface area contributed by atoms with Crippen molar-refractivity contribution in [2.45, 2.75) is 18.9 Å². The molecule has 1 aliphatic heterocycles. The second-order valence-corrected chi connectivity index (χ2v) is 10.2. The van der Waals surface area contributed by atoms with Crippen LogP contribution in [0.2, 0.25) is 20.1 Å². The third kappa shape index (κ3) is 5.96. The standard InChI is InChI=1S/C25H26Cl4NO2/c1-3-30(2)13-12-25(32,11-10-18-5-8-21(27)23(29)15-18)19(16-30)24(31)9-6-17-4-7-20(26)22(28)14-17/h4-11,14-15,19,32H,3,12-13,16H2,1-2H3/q+1/b9-6-,11-10-/t19-,25+,30?/m0/s1. The Morgan fingerprint density at radius 1 is 1.03 bits per heavy atom. The molecule has 3 rings (SSSR count). The average Bonchev–Trinajstić information content (AvgIpc) is 2.77. The lowest BCUT2D eigenvalue weighted by Gasteiger charge is -2.46. The van der Waals surface area contributed by atoms with Crippen LogP contribution in [0.15, 0.2) is 48.6 Å². The number of quaternary nitrogens is 1. The highest BCUT2D eigenvalue weighted by molar-refractivity contribution is 6.42. The Morgan fingerprint density at radius 3 is 2.12 bits per heavy atom. The van der Waals surface area contributed by atoms with Crippen molar-refractivity contribution in [2.75, 3.05) is 26.7 Å². The molecule has 0 bridgehead atoms. The summed E-state index contributed by atoms with van der Waals surface area (Å²) in [6.45, 7) is 4.30.